The number of aliphatic hydroxyl groups excluding tert-OH is 1. The molecule has 0 aliphatic carbocycles. The molecule has 0 saturated carbocycles. The van der Waals surface area contributed by atoms with E-state index in [0.29, 0.717) is 22.8 Å². The molecule has 0 unspecified atom stereocenters. The van der Waals surface area contributed by atoms with Crippen molar-refractivity contribution in [1.82, 2.24) is 10.2 Å². The Kier molecular flexibility index (Phi) is 7.54. The lowest BCUT2D eigenvalue weighted by molar-refractivity contribution is 0.0712. The molecule has 1 saturated heterocycles. The number of amides is 1. The number of carbonyl (C=O) groups excluding carboxylic acids is 1. The van der Waals surface area contributed by atoms with Crippen LogP contribution in [0.3, 0.4) is 0 Å². The molecular weight excluding hydrogens is 384 g/mol. The van der Waals surface area contributed by atoms with Crippen molar-refractivity contribution in [3.8, 4) is 17.2 Å². The van der Waals surface area contributed by atoms with E-state index in [1.807, 2.05) is 18.2 Å². The molecule has 2 aromatic carbocycles. The Balaban J connectivity index is 1.68. The van der Waals surface area contributed by atoms with Crippen molar-refractivity contribution in [3.05, 3.63) is 53.6 Å². The van der Waals surface area contributed by atoms with Crippen LogP contribution in [0.25, 0.3) is 0 Å². The van der Waals surface area contributed by atoms with Gasteiger partial charge in [-0.25, -0.2) is 0 Å². The second-order valence-corrected chi connectivity index (χ2v) is 7.45. The molecule has 7 nitrogen and oxygen atoms in total. The van der Waals surface area contributed by atoms with Crippen LogP contribution >= 0.6 is 0 Å². The van der Waals surface area contributed by atoms with Crippen molar-refractivity contribution in [3.63, 3.8) is 0 Å². The smallest absolute Gasteiger partial charge is 0.251 e. The zero-order valence-electron chi connectivity index (χ0n) is 17.8. The van der Waals surface area contributed by atoms with Gasteiger partial charge in [0.05, 0.1) is 21.3 Å². The van der Waals surface area contributed by atoms with Crippen LogP contribution in [0.4, 0.5) is 0 Å². The van der Waals surface area contributed by atoms with Gasteiger partial charge in [-0.1, -0.05) is 30.3 Å². The number of piperidine rings is 1. The fraction of sp³-hybridized carbons (Fsp3) is 0.435. The number of methoxy groups -OCH3 is 3. The Bertz CT molecular complexity index is 818. The summed E-state index contributed by atoms with van der Waals surface area (Å²) in [5.41, 5.74) is 1.67. The van der Waals surface area contributed by atoms with Crippen LogP contribution in [0.15, 0.2) is 42.5 Å². The van der Waals surface area contributed by atoms with Gasteiger partial charge in [-0.2, -0.15) is 0 Å². The van der Waals surface area contributed by atoms with E-state index in [9.17, 15) is 9.90 Å². The van der Waals surface area contributed by atoms with Crippen LogP contribution in [0.2, 0.25) is 0 Å². The van der Waals surface area contributed by atoms with E-state index < -0.39 is 0 Å². The van der Waals surface area contributed by atoms with Crippen LogP contribution < -0.4 is 19.5 Å². The molecule has 162 valence electrons. The van der Waals surface area contributed by atoms with Crippen molar-refractivity contribution >= 4 is 5.91 Å². The van der Waals surface area contributed by atoms with E-state index in [1.54, 1.807) is 12.1 Å². The summed E-state index contributed by atoms with van der Waals surface area (Å²) in [5.74, 6) is 1.04. The van der Waals surface area contributed by atoms with Gasteiger partial charge in [0, 0.05) is 43.8 Å². The predicted molar refractivity (Wildman–Crippen MR) is 114 cm³/mol. The van der Waals surface area contributed by atoms with Crippen LogP contribution in [0, 0.1) is 5.92 Å². The average molecular weight is 415 g/mol. The second kappa shape index (κ2) is 10.3. The topological polar surface area (TPSA) is 80.3 Å². The number of ether oxygens (including phenoxy) is 3. The molecule has 0 radical (unpaired) electrons. The first-order chi connectivity index (χ1) is 14.6. The third kappa shape index (κ3) is 5.04. The Morgan fingerprint density at radius 1 is 1.10 bits per heavy atom. The Hall–Kier alpha value is -2.77. The molecule has 1 amide bonds. The highest BCUT2D eigenvalue weighted by Gasteiger charge is 2.30. The molecule has 0 aromatic heterocycles. The zero-order chi connectivity index (χ0) is 21.5. The van der Waals surface area contributed by atoms with Gasteiger partial charge in [0.2, 0.25) is 5.75 Å². The maximum absolute atomic E-state index is 12.9. The zero-order valence-corrected chi connectivity index (χ0v) is 17.8. The molecule has 3 rings (SSSR count). The molecule has 1 fully saturated rings. The standard InChI is InChI=1S/C23H30N2O5/c1-28-20-11-17(12-21(29-2)22(20)30-3)23(27)24-19-9-10-25(14-18(19)15-26)13-16-7-5-4-6-8-16/h4-8,11-12,18-19,26H,9-10,13-15H2,1-3H3,(H,24,27)/t18-,19+/m1/s1. The van der Waals surface area contributed by atoms with Gasteiger partial charge in [0.25, 0.3) is 5.91 Å². The van der Waals surface area contributed by atoms with E-state index in [0.717, 1.165) is 26.1 Å². The lowest BCUT2D eigenvalue weighted by Gasteiger charge is -2.38. The van der Waals surface area contributed by atoms with Crippen LogP contribution in [0.1, 0.15) is 22.3 Å². The molecule has 7 heteroatoms. The molecule has 1 heterocycles. The summed E-state index contributed by atoms with van der Waals surface area (Å²) < 4.78 is 16.0. The Morgan fingerprint density at radius 2 is 1.77 bits per heavy atom. The summed E-state index contributed by atoms with van der Waals surface area (Å²) in [6, 6.07) is 13.4. The maximum atomic E-state index is 12.9. The quantitative estimate of drug-likeness (QED) is 0.690. The minimum Gasteiger partial charge on any atom is -0.493 e. The summed E-state index contributed by atoms with van der Waals surface area (Å²) in [5, 5.41) is 13.0. The molecule has 30 heavy (non-hydrogen) atoms. The predicted octanol–water partition coefficient (Wildman–Crippen LogP) is 2.33. The summed E-state index contributed by atoms with van der Waals surface area (Å²) in [6.07, 6.45) is 0.772. The van der Waals surface area contributed by atoms with Crippen molar-refractivity contribution in [1.29, 1.82) is 0 Å². The molecule has 0 spiro atoms. The molecule has 1 aliphatic rings. The highest BCUT2D eigenvalue weighted by atomic mass is 16.5. The SMILES string of the molecule is COc1cc(C(=O)N[C@H]2CCN(Cc3ccccc3)C[C@@H]2CO)cc(OC)c1OC. The van der Waals surface area contributed by atoms with Gasteiger partial charge in [0.1, 0.15) is 0 Å². The highest BCUT2D eigenvalue weighted by molar-refractivity contribution is 5.95. The van der Waals surface area contributed by atoms with Crippen molar-refractivity contribution < 1.29 is 24.1 Å². The van der Waals surface area contributed by atoms with E-state index in [1.165, 1.54) is 26.9 Å². The van der Waals surface area contributed by atoms with Crippen molar-refractivity contribution in [2.24, 2.45) is 5.92 Å². The normalized spacial score (nSPS) is 19.2. The van der Waals surface area contributed by atoms with E-state index in [4.69, 9.17) is 14.2 Å². The summed E-state index contributed by atoms with van der Waals surface area (Å²) in [6.45, 7) is 2.44. The molecule has 2 aromatic rings. The number of carbonyl (C=O) groups is 1. The van der Waals surface area contributed by atoms with E-state index in [-0.39, 0.29) is 24.5 Å². The van der Waals surface area contributed by atoms with E-state index in [2.05, 4.69) is 22.3 Å². The molecule has 0 bridgehead atoms. The molecular formula is C23H30N2O5. The summed E-state index contributed by atoms with van der Waals surface area (Å²) in [4.78, 5) is 15.2. The molecule has 2 N–H and O–H groups in total. The van der Waals surface area contributed by atoms with Crippen molar-refractivity contribution in [2.75, 3.05) is 41.0 Å². The van der Waals surface area contributed by atoms with E-state index >= 15 is 0 Å². The number of likely N-dealkylation sites (tertiary alicyclic amines) is 1. The summed E-state index contributed by atoms with van der Waals surface area (Å²) >= 11 is 0. The average Bonchev–Trinajstić information content (AvgIpc) is 2.79. The first kappa shape index (κ1) is 21.9. The Morgan fingerprint density at radius 3 is 2.33 bits per heavy atom. The number of rotatable bonds is 8. The number of nitrogens with zero attached hydrogens (tertiary/aromatic N) is 1. The number of nitrogens with one attached hydrogen (secondary N) is 1. The number of benzene rings is 2. The number of hydrogen-bond donors (Lipinski definition) is 2. The second-order valence-electron chi connectivity index (χ2n) is 7.45. The number of hydrogen-bond acceptors (Lipinski definition) is 6. The minimum atomic E-state index is -0.228. The lowest BCUT2D eigenvalue weighted by Crippen LogP contribution is -2.51. The first-order valence-electron chi connectivity index (χ1n) is 10.1. The fourth-order valence-electron chi connectivity index (χ4n) is 3.93. The number of aliphatic hydroxyl groups is 1. The van der Waals surface area contributed by atoms with Gasteiger partial charge >= 0.3 is 0 Å². The van der Waals surface area contributed by atoms with Crippen LogP contribution in [0.5, 0.6) is 17.2 Å². The van der Waals surface area contributed by atoms with Crippen LogP contribution in [-0.2, 0) is 6.54 Å². The molecule has 2 atom stereocenters. The van der Waals surface area contributed by atoms with Crippen LogP contribution in [-0.4, -0.2) is 63.0 Å². The Labute approximate surface area is 177 Å². The van der Waals surface area contributed by atoms with Gasteiger partial charge in [-0.15, -0.1) is 0 Å². The highest BCUT2D eigenvalue weighted by Crippen LogP contribution is 2.38. The molecule has 1 aliphatic heterocycles. The largest absolute Gasteiger partial charge is 0.493 e. The van der Waals surface area contributed by atoms with Gasteiger partial charge in [-0.3, -0.25) is 9.69 Å². The van der Waals surface area contributed by atoms with Crippen molar-refractivity contribution in [2.45, 2.75) is 19.0 Å². The summed E-state index contributed by atoms with van der Waals surface area (Å²) in [7, 11) is 4.56. The minimum absolute atomic E-state index is 0.0193. The monoisotopic (exact) mass is 414 g/mol. The lowest BCUT2D eigenvalue weighted by atomic mass is 9.92. The van der Waals surface area contributed by atoms with Gasteiger partial charge in [-0.05, 0) is 24.1 Å². The maximum Gasteiger partial charge on any atom is 0.251 e. The third-order valence-corrected chi connectivity index (χ3v) is 5.54. The fourth-order valence-corrected chi connectivity index (χ4v) is 3.93. The van der Waals surface area contributed by atoms with Gasteiger partial charge < -0.3 is 24.6 Å². The third-order valence-electron chi connectivity index (χ3n) is 5.54. The first-order valence-corrected chi connectivity index (χ1v) is 10.1. The van der Waals surface area contributed by atoms with Gasteiger partial charge in [0.15, 0.2) is 11.5 Å².